The van der Waals surface area contributed by atoms with E-state index >= 15 is 0 Å². The van der Waals surface area contributed by atoms with Crippen LogP contribution in [0.15, 0.2) is 74.8 Å². The highest BCUT2D eigenvalue weighted by molar-refractivity contribution is 7.89. The molecule has 2 heterocycles. The molecule has 0 bridgehead atoms. The number of hydrogen-bond donors (Lipinski definition) is 4. The third kappa shape index (κ3) is 6.03. The number of carbonyl (C=O) groups excluding carboxylic acids is 1. The maximum atomic E-state index is 13.7. The van der Waals surface area contributed by atoms with E-state index in [1.54, 1.807) is 25.1 Å². The second-order valence-corrected chi connectivity index (χ2v) is 10.8. The lowest BCUT2D eigenvalue weighted by molar-refractivity contribution is -0.140. The van der Waals surface area contributed by atoms with Crippen molar-refractivity contribution in [3.8, 4) is 28.6 Å². The predicted molar refractivity (Wildman–Crippen MR) is 145 cm³/mol. The van der Waals surface area contributed by atoms with Gasteiger partial charge < -0.3 is 29.0 Å². The number of phenols is 2. The molecule has 2 aromatic carbocycles. The van der Waals surface area contributed by atoms with E-state index in [4.69, 9.17) is 14.3 Å². The molecule has 12 heteroatoms. The number of sulfonamides is 1. The van der Waals surface area contributed by atoms with Crippen molar-refractivity contribution in [3.05, 3.63) is 93.6 Å². The van der Waals surface area contributed by atoms with E-state index in [0.29, 0.717) is 29.0 Å². The second-order valence-electron chi connectivity index (χ2n) is 9.22. The summed E-state index contributed by atoms with van der Waals surface area (Å²) in [5.41, 5.74) is 1.07. The first-order valence-corrected chi connectivity index (χ1v) is 13.7. The number of aryl methyl sites for hydroxylation is 2. The van der Waals surface area contributed by atoms with Gasteiger partial charge in [0.25, 0.3) is 5.56 Å². The minimum atomic E-state index is -3.88. The summed E-state index contributed by atoms with van der Waals surface area (Å²) in [6.07, 6.45) is 0.0331. The molecule has 11 nitrogen and oxygen atoms in total. The zero-order valence-corrected chi connectivity index (χ0v) is 22.5. The van der Waals surface area contributed by atoms with E-state index in [0.717, 1.165) is 0 Å². The molecule has 4 aromatic rings. The van der Waals surface area contributed by atoms with Gasteiger partial charge in [0.1, 0.15) is 17.3 Å². The number of nitrogens with two attached hydrogens (primary N) is 1. The zero-order chi connectivity index (χ0) is 29.2. The number of benzene rings is 2. The molecular formula is C28H28N2O9S. The topological polar surface area (TPSA) is 182 Å². The van der Waals surface area contributed by atoms with Gasteiger partial charge in [0.2, 0.25) is 10.0 Å². The molecule has 0 aliphatic rings. The number of aromatic hydroxyl groups is 3. The Labute approximate surface area is 229 Å². The molecule has 1 atom stereocenters. The van der Waals surface area contributed by atoms with Crippen molar-refractivity contribution >= 4 is 16.0 Å². The Bertz CT molecular complexity index is 1720. The highest BCUT2D eigenvalue weighted by Gasteiger charge is 2.29. The summed E-state index contributed by atoms with van der Waals surface area (Å²) in [6, 6.07) is 14.6. The van der Waals surface area contributed by atoms with E-state index in [1.165, 1.54) is 54.1 Å². The summed E-state index contributed by atoms with van der Waals surface area (Å²) in [7, 11) is -2.67. The molecule has 0 spiro atoms. The highest BCUT2D eigenvalue weighted by Crippen LogP contribution is 2.36. The fourth-order valence-corrected chi connectivity index (χ4v) is 4.95. The van der Waals surface area contributed by atoms with Gasteiger partial charge in [0.15, 0.2) is 11.5 Å². The van der Waals surface area contributed by atoms with Gasteiger partial charge in [0.05, 0.1) is 29.9 Å². The smallest absolute Gasteiger partial charge is 0.306 e. The SMILES string of the molecule is COC(=O)C[C@@H](c1ccc(-c2ccc(S(N)(=O)=O)cc2)o1)c1c(O)cc(C)n(CCc2ccc(O)c(O)c2)c1=O. The molecule has 210 valence electrons. The summed E-state index contributed by atoms with van der Waals surface area (Å²) in [4.78, 5) is 26.0. The number of esters is 1. The second kappa shape index (κ2) is 11.3. The van der Waals surface area contributed by atoms with Gasteiger partial charge in [0, 0.05) is 17.8 Å². The predicted octanol–water partition coefficient (Wildman–Crippen LogP) is 3.12. The molecule has 5 N–H and O–H groups in total. The molecule has 0 fully saturated rings. The number of primary sulfonamides is 1. The van der Waals surface area contributed by atoms with E-state index < -0.39 is 27.5 Å². The van der Waals surface area contributed by atoms with E-state index in [-0.39, 0.29) is 46.4 Å². The van der Waals surface area contributed by atoms with Crippen LogP contribution >= 0.6 is 0 Å². The molecule has 4 rings (SSSR count). The molecule has 0 radical (unpaired) electrons. The number of hydrogen-bond acceptors (Lipinski definition) is 9. The molecule has 2 aromatic heterocycles. The Morgan fingerprint density at radius 3 is 2.33 bits per heavy atom. The first kappa shape index (κ1) is 28.5. The average Bonchev–Trinajstić information content (AvgIpc) is 3.39. The van der Waals surface area contributed by atoms with Crippen molar-refractivity contribution in [1.29, 1.82) is 0 Å². The van der Waals surface area contributed by atoms with Crippen molar-refractivity contribution in [3.63, 3.8) is 0 Å². The maximum absolute atomic E-state index is 13.7. The van der Waals surface area contributed by atoms with Crippen molar-refractivity contribution in [2.45, 2.75) is 37.1 Å². The number of pyridine rings is 1. The van der Waals surface area contributed by atoms with Crippen molar-refractivity contribution in [2.75, 3.05) is 7.11 Å². The zero-order valence-electron chi connectivity index (χ0n) is 21.7. The van der Waals surface area contributed by atoms with E-state index in [2.05, 4.69) is 0 Å². The lowest BCUT2D eigenvalue weighted by atomic mass is 9.93. The number of aromatic nitrogens is 1. The fourth-order valence-electron chi connectivity index (χ4n) is 4.44. The summed E-state index contributed by atoms with van der Waals surface area (Å²) in [6.45, 7) is 1.84. The van der Waals surface area contributed by atoms with E-state index in [1.807, 2.05) is 0 Å². The number of methoxy groups -OCH3 is 1. The van der Waals surface area contributed by atoms with Gasteiger partial charge in [-0.05, 0) is 73.5 Å². The number of rotatable bonds is 9. The number of furan rings is 1. The van der Waals surface area contributed by atoms with Crippen LogP contribution in [-0.2, 0) is 32.5 Å². The Hall–Kier alpha value is -4.55. The summed E-state index contributed by atoms with van der Waals surface area (Å²) >= 11 is 0. The van der Waals surface area contributed by atoms with Gasteiger partial charge >= 0.3 is 5.97 Å². The van der Waals surface area contributed by atoms with Crippen LogP contribution in [0.2, 0.25) is 0 Å². The Kier molecular flexibility index (Phi) is 8.03. The van der Waals surface area contributed by atoms with Crippen LogP contribution in [0.5, 0.6) is 17.2 Å². The van der Waals surface area contributed by atoms with Crippen molar-refractivity contribution < 1.29 is 37.7 Å². The van der Waals surface area contributed by atoms with E-state index in [9.17, 15) is 33.3 Å². The van der Waals surface area contributed by atoms with Crippen LogP contribution in [0.4, 0.5) is 0 Å². The van der Waals surface area contributed by atoms with Crippen LogP contribution < -0.4 is 10.7 Å². The molecule has 0 saturated carbocycles. The fraction of sp³-hybridized carbons (Fsp3) is 0.214. The van der Waals surface area contributed by atoms with Crippen LogP contribution in [0, 0.1) is 6.92 Å². The van der Waals surface area contributed by atoms with Crippen LogP contribution in [0.25, 0.3) is 11.3 Å². The molecule has 0 amide bonds. The third-order valence-electron chi connectivity index (χ3n) is 6.57. The molecule has 40 heavy (non-hydrogen) atoms. The molecule has 0 aliphatic heterocycles. The summed E-state index contributed by atoms with van der Waals surface area (Å²) in [5, 5.41) is 35.4. The Balaban J connectivity index is 1.72. The molecular weight excluding hydrogens is 540 g/mol. The third-order valence-corrected chi connectivity index (χ3v) is 7.50. The molecule has 0 saturated heterocycles. The highest BCUT2D eigenvalue weighted by atomic mass is 32.2. The number of carbonyl (C=O) groups is 1. The minimum absolute atomic E-state index is 0.0602. The normalized spacial score (nSPS) is 12.3. The first-order valence-electron chi connectivity index (χ1n) is 12.1. The average molecular weight is 569 g/mol. The number of ether oxygens (including phenoxy) is 1. The minimum Gasteiger partial charge on any atom is -0.507 e. The van der Waals surface area contributed by atoms with Crippen LogP contribution in [0.3, 0.4) is 0 Å². The molecule has 0 aliphatic carbocycles. The largest absolute Gasteiger partial charge is 0.507 e. The van der Waals surface area contributed by atoms with Gasteiger partial charge in [-0.3, -0.25) is 9.59 Å². The first-order chi connectivity index (χ1) is 18.9. The van der Waals surface area contributed by atoms with Gasteiger partial charge in [-0.2, -0.15) is 0 Å². The quantitative estimate of drug-likeness (QED) is 0.174. The lowest BCUT2D eigenvalue weighted by Gasteiger charge is -2.19. The summed E-state index contributed by atoms with van der Waals surface area (Å²) in [5.74, 6) is -1.93. The Morgan fingerprint density at radius 1 is 1.00 bits per heavy atom. The number of phenolic OH excluding ortho intramolecular Hbond substituents is 2. The Morgan fingerprint density at radius 2 is 1.70 bits per heavy atom. The van der Waals surface area contributed by atoms with Gasteiger partial charge in [-0.1, -0.05) is 6.07 Å². The summed E-state index contributed by atoms with van der Waals surface area (Å²) < 4.78 is 35.4. The van der Waals surface area contributed by atoms with Gasteiger partial charge in [-0.15, -0.1) is 0 Å². The van der Waals surface area contributed by atoms with Crippen molar-refractivity contribution in [2.24, 2.45) is 5.14 Å². The maximum Gasteiger partial charge on any atom is 0.306 e. The monoisotopic (exact) mass is 568 g/mol. The van der Waals surface area contributed by atoms with Crippen molar-refractivity contribution in [1.82, 2.24) is 4.57 Å². The van der Waals surface area contributed by atoms with Crippen LogP contribution in [0.1, 0.15) is 34.9 Å². The van der Waals surface area contributed by atoms with Gasteiger partial charge in [-0.25, -0.2) is 13.6 Å². The number of nitrogens with zero attached hydrogens (tertiary/aromatic N) is 1. The standard InChI is InChI=1S/C28H28N2O9S/c1-16-13-23(33)27(28(35)30(16)12-11-17-3-8-21(31)22(32)14-17)20(15-26(34)38-2)25-10-9-24(39-25)18-4-6-19(7-5-18)40(29,36)37/h3-10,13-14,20,31-33H,11-12,15H2,1-2H3,(H2,29,36,37)/t20-/m0/s1. The van der Waals surface area contributed by atoms with Crippen LogP contribution in [-0.4, -0.2) is 41.4 Å². The lowest BCUT2D eigenvalue weighted by Crippen LogP contribution is -2.29. The molecule has 0 unspecified atom stereocenters.